The van der Waals surface area contributed by atoms with Crippen molar-refractivity contribution in [3.63, 3.8) is 0 Å². The van der Waals surface area contributed by atoms with E-state index in [1.807, 2.05) is 0 Å². The van der Waals surface area contributed by atoms with Crippen LogP contribution in [0.5, 0.6) is 0 Å². The summed E-state index contributed by atoms with van der Waals surface area (Å²) in [5.41, 5.74) is 5.99. The second-order valence-corrected chi connectivity index (χ2v) is 6.79. The lowest BCUT2D eigenvalue weighted by Crippen LogP contribution is -2.59. The van der Waals surface area contributed by atoms with Gasteiger partial charge in [0.2, 0.25) is 17.7 Å². The number of hydrogen-bond donors (Lipinski definition) is 8. The SMILES string of the molecule is CC(NC(=O)C(N)CS)C(=O)NC(C(=O)NC(Cc1cnc[nH]1)C(=O)O)C(C)O. The van der Waals surface area contributed by atoms with Crippen molar-refractivity contribution in [2.75, 3.05) is 5.75 Å². The Kier molecular flexibility index (Phi) is 9.58. The normalized spacial score (nSPS) is 16.0. The van der Waals surface area contributed by atoms with Crippen molar-refractivity contribution in [2.24, 2.45) is 5.73 Å². The molecule has 1 rings (SSSR count). The van der Waals surface area contributed by atoms with Crippen LogP contribution in [-0.4, -0.2) is 79.9 Å². The number of carboxylic acids is 1. The molecule has 0 fully saturated rings. The zero-order valence-corrected chi connectivity index (χ0v) is 16.8. The third kappa shape index (κ3) is 7.71. The minimum Gasteiger partial charge on any atom is -0.480 e. The number of rotatable bonds is 11. The number of carbonyl (C=O) groups is 4. The summed E-state index contributed by atoms with van der Waals surface area (Å²) in [5.74, 6) is -3.49. The monoisotopic (exact) mass is 430 g/mol. The number of carbonyl (C=O) groups excluding carboxylic acids is 3. The van der Waals surface area contributed by atoms with Gasteiger partial charge in [-0.15, -0.1) is 0 Å². The maximum absolute atomic E-state index is 12.5. The fourth-order valence-corrected chi connectivity index (χ4v) is 2.40. The Morgan fingerprint density at radius 2 is 1.83 bits per heavy atom. The van der Waals surface area contributed by atoms with Gasteiger partial charge >= 0.3 is 5.97 Å². The number of thiol groups is 1. The number of aliphatic hydroxyl groups excluding tert-OH is 1. The Bertz CT molecular complexity index is 713. The van der Waals surface area contributed by atoms with Crippen LogP contribution in [-0.2, 0) is 25.6 Å². The van der Waals surface area contributed by atoms with Gasteiger partial charge in [0.15, 0.2) is 0 Å². The van der Waals surface area contributed by atoms with E-state index in [4.69, 9.17) is 5.73 Å². The minimum atomic E-state index is -1.44. The molecule has 0 spiro atoms. The predicted molar refractivity (Wildman–Crippen MR) is 105 cm³/mol. The van der Waals surface area contributed by atoms with E-state index in [1.165, 1.54) is 26.4 Å². The predicted octanol–water partition coefficient (Wildman–Crippen LogP) is -2.85. The van der Waals surface area contributed by atoms with Crippen molar-refractivity contribution in [2.45, 2.75) is 50.5 Å². The van der Waals surface area contributed by atoms with E-state index in [-0.39, 0.29) is 12.2 Å². The second-order valence-electron chi connectivity index (χ2n) is 6.43. The maximum Gasteiger partial charge on any atom is 0.326 e. The summed E-state index contributed by atoms with van der Waals surface area (Å²) in [7, 11) is 0. The fourth-order valence-electron chi connectivity index (χ4n) is 2.23. The Labute approximate surface area is 172 Å². The van der Waals surface area contributed by atoms with E-state index in [2.05, 4.69) is 38.5 Å². The molecule has 0 saturated carbocycles. The average Bonchev–Trinajstić information content (AvgIpc) is 3.16. The van der Waals surface area contributed by atoms with Crippen LogP contribution in [0.4, 0.5) is 0 Å². The summed E-state index contributed by atoms with van der Waals surface area (Å²) in [4.78, 5) is 54.4. The number of H-pyrrole nitrogens is 1. The third-order valence-electron chi connectivity index (χ3n) is 3.94. The molecule has 0 aliphatic rings. The second kappa shape index (κ2) is 11.4. The van der Waals surface area contributed by atoms with Crippen LogP contribution in [0.2, 0.25) is 0 Å². The van der Waals surface area contributed by atoms with Gasteiger partial charge in [0.1, 0.15) is 18.1 Å². The highest BCUT2D eigenvalue weighted by atomic mass is 32.1. The molecule has 1 aromatic heterocycles. The number of nitrogens with zero attached hydrogens (tertiary/aromatic N) is 1. The summed E-state index contributed by atoms with van der Waals surface area (Å²) in [6.07, 6.45) is 1.37. The smallest absolute Gasteiger partial charge is 0.326 e. The molecule has 1 heterocycles. The largest absolute Gasteiger partial charge is 0.480 e. The van der Waals surface area contributed by atoms with E-state index < -0.39 is 54.0 Å². The van der Waals surface area contributed by atoms with Gasteiger partial charge in [0.05, 0.1) is 18.5 Å². The van der Waals surface area contributed by atoms with Gasteiger partial charge in [-0.1, -0.05) is 0 Å². The van der Waals surface area contributed by atoms with Crippen molar-refractivity contribution < 1.29 is 29.4 Å². The quantitative estimate of drug-likeness (QED) is 0.171. The standard InChI is InChI=1S/C16H26N6O6S/c1-7(20-14(25)10(17)5-29)13(24)22-12(8(2)23)15(26)21-11(16(27)28)3-9-4-18-6-19-9/h4,6-8,10-12,23,29H,3,5,17H2,1-2H3,(H,18,19)(H,20,25)(H,21,26)(H,22,24)(H,27,28). The number of imidazole rings is 1. The molecule has 5 unspecified atom stereocenters. The maximum atomic E-state index is 12.5. The number of aromatic nitrogens is 2. The Hall–Kier alpha value is -2.64. The number of hydrogen-bond acceptors (Lipinski definition) is 8. The highest BCUT2D eigenvalue weighted by Crippen LogP contribution is 2.02. The fraction of sp³-hybridized carbons (Fsp3) is 0.562. The molecule has 29 heavy (non-hydrogen) atoms. The molecular formula is C16H26N6O6S. The summed E-state index contributed by atoms with van der Waals surface area (Å²) in [6, 6.07) is -4.72. The number of nitrogens with two attached hydrogens (primary N) is 1. The zero-order valence-electron chi connectivity index (χ0n) is 16.0. The molecule has 1 aromatic rings. The molecule has 12 nitrogen and oxygen atoms in total. The van der Waals surface area contributed by atoms with Gasteiger partial charge in [-0.2, -0.15) is 12.6 Å². The first-order valence-corrected chi connectivity index (χ1v) is 9.35. The van der Waals surface area contributed by atoms with E-state index in [9.17, 15) is 29.4 Å². The Morgan fingerprint density at radius 1 is 1.17 bits per heavy atom. The molecule has 0 bridgehead atoms. The zero-order chi connectivity index (χ0) is 22.1. The lowest BCUT2D eigenvalue weighted by Gasteiger charge is -2.25. The number of aromatic amines is 1. The van der Waals surface area contributed by atoms with Gasteiger partial charge in [0, 0.05) is 24.1 Å². The van der Waals surface area contributed by atoms with Crippen molar-refractivity contribution in [1.82, 2.24) is 25.9 Å². The number of nitrogens with one attached hydrogen (secondary N) is 4. The van der Waals surface area contributed by atoms with Crippen LogP contribution in [0.25, 0.3) is 0 Å². The molecule has 13 heteroatoms. The molecule has 8 N–H and O–H groups in total. The molecule has 0 aliphatic heterocycles. The highest BCUT2D eigenvalue weighted by Gasteiger charge is 2.31. The van der Waals surface area contributed by atoms with Crippen LogP contribution in [0.3, 0.4) is 0 Å². The summed E-state index contributed by atoms with van der Waals surface area (Å²) >= 11 is 3.89. The summed E-state index contributed by atoms with van der Waals surface area (Å²) in [5, 5.41) is 26.1. The van der Waals surface area contributed by atoms with Gasteiger partial charge in [-0.25, -0.2) is 9.78 Å². The average molecular weight is 430 g/mol. The summed E-state index contributed by atoms with van der Waals surface area (Å²) in [6.45, 7) is 2.63. The van der Waals surface area contributed by atoms with Crippen LogP contribution in [0.15, 0.2) is 12.5 Å². The number of amides is 3. The van der Waals surface area contributed by atoms with E-state index in [0.29, 0.717) is 5.69 Å². The van der Waals surface area contributed by atoms with Crippen LogP contribution in [0, 0.1) is 0 Å². The van der Waals surface area contributed by atoms with E-state index in [0.717, 1.165) is 0 Å². The van der Waals surface area contributed by atoms with Crippen molar-refractivity contribution in [3.8, 4) is 0 Å². The lowest BCUT2D eigenvalue weighted by molar-refractivity contribution is -0.143. The van der Waals surface area contributed by atoms with Crippen LogP contribution in [0.1, 0.15) is 19.5 Å². The first-order valence-electron chi connectivity index (χ1n) is 8.72. The Balaban J connectivity index is 2.76. The van der Waals surface area contributed by atoms with Crippen molar-refractivity contribution in [1.29, 1.82) is 0 Å². The topological polar surface area (TPSA) is 200 Å². The van der Waals surface area contributed by atoms with Crippen LogP contribution < -0.4 is 21.7 Å². The van der Waals surface area contributed by atoms with Gasteiger partial charge in [0.25, 0.3) is 0 Å². The van der Waals surface area contributed by atoms with Crippen molar-refractivity contribution in [3.05, 3.63) is 18.2 Å². The van der Waals surface area contributed by atoms with E-state index >= 15 is 0 Å². The molecule has 0 aromatic carbocycles. The summed E-state index contributed by atoms with van der Waals surface area (Å²) < 4.78 is 0. The first kappa shape index (κ1) is 24.4. The molecule has 0 saturated heterocycles. The first-order chi connectivity index (χ1) is 13.6. The molecule has 0 aliphatic carbocycles. The molecular weight excluding hydrogens is 404 g/mol. The van der Waals surface area contributed by atoms with E-state index in [1.54, 1.807) is 0 Å². The Morgan fingerprint density at radius 3 is 2.31 bits per heavy atom. The number of carboxylic acid groups (broad SMARTS) is 1. The molecule has 0 radical (unpaired) electrons. The van der Waals surface area contributed by atoms with Crippen LogP contribution >= 0.6 is 12.6 Å². The lowest BCUT2D eigenvalue weighted by atomic mass is 10.1. The number of aliphatic carboxylic acids is 1. The molecule has 5 atom stereocenters. The highest BCUT2D eigenvalue weighted by molar-refractivity contribution is 7.80. The minimum absolute atomic E-state index is 0.0738. The van der Waals surface area contributed by atoms with Gasteiger partial charge in [-0.05, 0) is 13.8 Å². The molecule has 162 valence electrons. The van der Waals surface area contributed by atoms with Crippen molar-refractivity contribution >= 4 is 36.3 Å². The number of aliphatic hydroxyl groups is 1. The molecule has 3 amide bonds. The third-order valence-corrected chi connectivity index (χ3v) is 4.34. The van der Waals surface area contributed by atoms with Gasteiger partial charge < -0.3 is 36.9 Å². The van der Waals surface area contributed by atoms with Gasteiger partial charge in [-0.3, -0.25) is 14.4 Å².